The maximum absolute atomic E-state index is 12.6. The first-order valence-corrected chi connectivity index (χ1v) is 11.7. The van der Waals surface area contributed by atoms with Gasteiger partial charge in [0.15, 0.2) is 6.61 Å². The number of hydrogen-bond acceptors (Lipinski definition) is 4. The minimum Gasteiger partial charge on any atom is -0.484 e. The highest BCUT2D eigenvalue weighted by Gasteiger charge is 2.19. The fraction of sp³-hybridized carbons (Fsp3) is 0.208. The second kappa shape index (κ2) is 9.90. The fourth-order valence-electron chi connectivity index (χ4n) is 3.27. The van der Waals surface area contributed by atoms with E-state index < -0.39 is 0 Å². The zero-order valence-corrected chi connectivity index (χ0v) is 17.6. The number of nitrogens with one attached hydrogen (secondary N) is 1. The average molecular weight is 422 g/mol. The molecule has 3 nitrogen and oxygen atoms in total. The number of carbonyl (C=O) groups excluding carboxylic acids is 1. The SMILES string of the molecule is O=C(COc1ccc(C2SCCS2)cc1)NC(c1ccccc1)c1ccccc1. The molecule has 0 saturated carbocycles. The Kier molecular flexibility index (Phi) is 6.80. The van der Waals surface area contributed by atoms with Gasteiger partial charge in [-0.25, -0.2) is 0 Å². The molecule has 1 aliphatic rings. The summed E-state index contributed by atoms with van der Waals surface area (Å²) in [6.07, 6.45) is 0. The summed E-state index contributed by atoms with van der Waals surface area (Å²) in [6.45, 7) is -0.0115. The third-order valence-electron chi connectivity index (χ3n) is 4.72. The Morgan fingerprint density at radius 2 is 1.41 bits per heavy atom. The van der Waals surface area contributed by atoms with Crippen LogP contribution >= 0.6 is 23.5 Å². The molecule has 1 fully saturated rings. The van der Waals surface area contributed by atoms with Crippen LogP contribution < -0.4 is 10.1 Å². The van der Waals surface area contributed by atoms with Gasteiger partial charge >= 0.3 is 0 Å². The number of thioether (sulfide) groups is 2. The van der Waals surface area contributed by atoms with Crippen molar-refractivity contribution in [2.45, 2.75) is 10.6 Å². The molecule has 3 aromatic carbocycles. The first kappa shape index (κ1) is 19.9. The second-order valence-electron chi connectivity index (χ2n) is 6.75. The normalized spacial score (nSPS) is 14.1. The van der Waals surface area contributed by atoms with Crippen LogP contribution in [0.5, 0.6) is 5.75 Å². The van der Waals surface area contributed by atoms with Crippen molar-refractivity contribution in [2.24, 2.45) is 0 Å². The van der Waals surface area contributed by atoms with E-state index >= 15 is 0 Å². The minimum absolute atomic E-state index is 0.0115. The molecule has 1 aliphatic heterocycles. The van der Waals surface area contributed by atoms with Gasteiger partial charge in [-0.15, -0.1) is 23.5 Å². The van der Waals surface area contributed by atoms with Crippen molar-refractivity contribution in [3.8, 4) is 5.75 Å². The molecule has 1 amide bonds. The van der Waals surface area contributed by atoms with Crippen molar-refractivity contribution in [3.63, 3.8) is 0 Å². The molecule has 4 rings (SSSR count). The smallest absolute Gasteiger partial charge is 0.258 e. The lowest BCUT2D eigenvalue weighted by Crippen LogP contribution is -2.33. The van der Waals surface area contributed by atoms with Crippen LogP contribution in [0.4, 0.5) is 0 Å². The summed E-state index contributed by atoms with van der Waals surface area (Å²) in [5, 5.41) is 3.11. The summed E-state index contributed by atoms with van der Waals surface area (Å²) in [5.41, 5.74) is 3.40. The summed E-state index contributed by atoms with van der Waals surface area (Å²) < 4.78 is 6.25. The number of benzene rings is 3. The van der Waals surface area contributed by atoms with Crippen molar-refractivity contribution < 1.29 is 9.53 Å². The highest BCUT2D eigenvalue weighted by molar-refractivity contribution is 8.19. The van der Waals surface area contributed by atoms with Gasteiger partial charge in [0.05, 0.1) is 10.6 Å². The van der Waals surface area contributed by atoms with Gasteiger partial charge < -0.3 is 10.1 Å². The molecule has 0 atom stereocenters. The molecule has 0 spiro atoms. The monoisotopic (exact) mass is 421 g/mol. The molecule has 29 heavy (non-hydrogen) atoms. The van der Waals surface area contributed by atoms with Gasteiger partial charge in [-0.2, -0.15) is 0 Å². The van der Waals surface area contributed by atoms with Crippen LogP contribution in [0.1, 0.15) is 27.3 Å². The molecule has 1 heterocycles. The van der Waals surface area contributed by atoms with E-state index in [1.807, 2.05) is 96.3 Å². The third kappa shape index (κ3) is 5.37. The molecule has 3 aromatic rings. The lowest BCUT2D eigenvalue weighted by Gasteiger charge is -2.20. The van der Waals surface area contributed by atoms with Crippen LogP contribution in [0.3, 0.4) is 0 Å². The summed E-state index contributed by atoms with van der Waals surface area (Å²) in [6, 6.07) is 27.9. The van der Waals surface area contributed by atoms with E-state index in [-0.39, 0.29) is 18.6 Å². The van der Waals surface area contributed by atoms with E-state index in [0.29, 0.717) is 10.3 Å². The Balaban J connectivity index is 1.38. The summed E-state index contributed by atoms with van der Waals surface area (Å²) in [4.78, 5) is 12.6. The summed E-state index contributed by atoms with van der Waals surface area (Å²) in [5.74, 6) is 2.98. The van der Waals surface area contributed by atoms with Crippen molar-refractivity contribution >= 4 is 29.4 Å². The van der Waals surface area contributed by atoms with Gasteiger partial charge in [-0.1, -0.05) is 72.8 Å². The number of carbonyl (C=O) groups is 1. The van der Waals surface area contributed by atoms with E-state index in [2.05, 4.69) is 17.4 Å². The van der Waals surface area contributed by atoms with Gasteiger partial charge in [0, 0.05) is 11.5 Å². The van der Waals surface area contributed by atoms with Crippen LogP contribution in [-0.2, 0) is 4.79 Å². The van der Waals surface area contributed by atoms with Crippen molar-refractivity contribution in [1.29, 1.82) is 0 Å². The maximum Gasteiger partial charge on any atom is 0.258 e. The van der Waals surface area contributed by atoms with Crippen LogP contribution in [-0.4, -0.2) is 24.0 Å². The lowest BCUT2D eigenvalue weighted by atomic mass is 9.99. The second-order valence-corrected chi connectivity index (χ2v) is 9.48. The van der Waals surface area contributed by atoms with Crippen LogP contribution in [0, 0.1) is 0 Å². The highest BCUT2D eigenvalue weighted by Crippen LogP contribution is 2.45. The quantitative estimate of drug-likeness (QED) is 0.551. The Labute approximate surface area is 180 Å². The Hall–Kier alpha value is -2.37. The Morgan fingerprint density at radius 3 is 1.97 bits per heavy atom. The van der Waals surface area contributed by atoms with Gasteiger partial charge in [0.1, 0.15) is 5.75 Å². The van der Waals surface area contributed by atoms with Crippen LogP contribution in [0.15, 0.2) is 84.9 Å². The molecule has 1 saturated heterocycles. The van der Waals surface area contributed by atoms with E-state index in [4.69, 9.17) is 4.74 Å². The first-order chi connectivity index (χ1) is 14.3. The number of amides is 1. The molecule has 148 valence electrons. The summed E-state index contributed by atoms with van der Waals surface area (Å²) >= 11 is 3.96. The van der Waals surface area contributed by atoms with E-state index in [1.165, 1.54) is 17.1 Å². The van der Waals surface area contributed by atoms with Gasteiger partial charge in [0.25, 0.3) is 5.91 Å². The molecule has 1 N–H and O–H groups in total. The first-order valence-electron chi connectivity index (χ1n) is 9.65. The van der Waals surface area contributed by atoms with Crippen LogP contribution in [0.2, 0.25) is 0 Å². The zero-order chi connectivity index (χ0) is 19.9. The van der Waals surface area contributed by atoms with Gasteiger partial charge in [-0.05, 0) is 28.8 Å². The molecular weight excluding hydrogens is 398 g/mol. The molecule has 5 heteroatoms. The standard InChI is InChI=1S/C24H23NO2S2/c26-22(17-27-21-13-11-20(12-14-21)24-28-15-16-29-24)25-23(18-7-3-1-4-8-18)19-9-5-2-6-10-19/h1-14,23-24H,15-17H2,(H,25,26). The predicted octanol–water partition coefficient (Wildman–Crippen LogP) is 5.45. The number of hydrogen-bond donors (Lipinski definition) is 1. The molecular formula is C24H23NO2S2. The molecule has 0 bridgehead atoms. The lowest BCUT2D eigenvalue weighted by molar-refractivity contribution is -0.123. The minimum atomic E-state index is -0.202. The predicted molar refractivity (Wildman–Crippen MR) is 122 cm³/mol. The van der Waals surface area contributed by atoms with Crippen LogP contribution in [0.25, 0.3) is 0 Å². The number of rotatable bonds is 7. The van der Waals surface area contributed by atoms with Crippen molar-refractivity contribution in [2.75, 3.05) is 18.1 Å². The topological polar surface area (TPSA) is 38.3 Å². The van der Waals surface area contributed by atoms with Gasteiger partial charge in [0.2, 0.25) is 0 Å². The van der Waals surface area contributed by atoms with E-state index in [1.54, 1.807) is 0 Å². The molecule has 0 radical (unpaired) electrons. The number of ether oxygens (including phenoxy) is 1. The average Bonchev–Trinajstić information content (AvgIpc) is 3.33. The molecule has 0 aliphatic carbocycles. The van der Waals surface area contributed by atoms with Gasteiger partial charge in [-0.3, -0.25) is 4.79 Å². The third-order valence-corrected chi connectivity index (χ3v) is 7.82. The fourth-order valence-corrected chi connectivity index (χ4v) is 6.13. The summed E-state index contributed by atoms with van der Waals surface area (Å²) in [7, 11) is 0. The van der Waals surface area contributed by atoms with E-state index in [9.17, 15) is 4.79 Å². The Morgan fingerprint density at radius 1 is 0.862 bits per heavy atom. The largest absolute Gasteiger partial charge is 0.484 e. The maximum atomic E-state index is 12.6. The highest BCUT2D eigenvalue weighted by atomic mass is 32.2. The Bertz CT molecular complexity index is 871. The molecule has 0 aromatic heterocycles. The van der Waals surface area contributed by atoms with Crippen molar-refractivity contribution in [1.82, 2.24) is 5.32 Å². The van der Waals surface area contributed by atoms with Crippen molar-refractivity contribution in [3.05, 3.63) is 102 Å². The zero-order valence-electron chi connectivity index (χ0n) is 16.0. The van der Waals surface area contributed by atoms with E-state index in [0.717, 1.165) is 11.1 Å². The molecule has 0 unspecified atom stereocenters.